The van der Waals surface area contributed by atoms with Gasteiger partial charge < -0.3 is 90.6 Å². The number of hydrogen-bond donors (Lipinski definition) is 11. The molecule has 2 aliphatic heterocycles. The minimum absolute atomic E-state index is 0.307. The zero-order chi connectivity index (χ0) is 41.1. The molecular formula is C33H60N4O17. The molecule has 314 valence electrons. The Hall–Kier alpha value is -2.67. The minimum atomic E-state index is -1.93. The third kappa shape index (κ3) is 12.4. The molecule has 0 aromatic heterocycles. The maximum atomic E-state index is 13.1. The van der Waals surface area contributed by atoms with Crippen molar-refractivity contribution in [3.63, 3.8) is 0 Å². The van der Waals surface area contributed by atoms with E-state index < -0.39 is 133 Å². The van der Waals surface area contributed by atoms with Gasteiger partial charge in [0.1, 0.15) is 77.8 Å². The second-order valence-electron chi connectivity index (χ2n) is 16.6. The topological polar surface area (TPSA) is 320 Å². The molecule has 7 unspecified atom stereocenters. The van der Waals surface area contributed by atoms with Crippen molar-refractivity contribution in [2.75, 3.05) is 13.2 Å². The monoisotopic (exact) mass is 784 g/mol. The van der Waals surface area contributed by atoms with Crippen molar-refractivity contribution in [2.24, 2.45) is 5.73 Å². The van der Waals surface area contributed by atoms with Crippen LogP contribution in [0.15, 0.2) is 0 Å². The summed E-state index contributed by atoms with van der Waals surface area (Å²) in [5.74, 6) is 0. The second kappa shape index (κ2) is 18.1. The summed E-state index contributed by atoms with van der Waals surface area (Å²) in [6.45, 7) is 13.3. The number of hydrogen-bond acceptors (Lipinski definition) is 18. The SMILES string of the molecule is CC(C)(C)OC(=O)NC1C(O)[C@H](OC2[C@@H](NC(=O)OC(C)(C)C)CC(NC(=O)OC(C)(C)C)[C@H](O[C@@H]3OC(CN)[C@H](O)[C@H](O)C3O)[C@@H]2O)OC(CO)[C@@H]1O. The lowest BCUT2D eigenvalue weighted by Crippen LogP contribution is -2.70. The van der Waals surface area contributed by atoms with Crippen LogP contribution in [-0.2, 0) is 33.2 Å². The normalized spacial score (nSPS) is 37.8. The smallest absolute Gasteiger partial charge is 0.408 e. The summed E-state index contributed by atoms with van der Waals surface area (Å²) in [6, 6.07) is -4.10. The number of aliphatic hydroxyl groups excluding tert-OH is 7. The van der Waals surface area contributed by atoms with Crippen molar-refractivity contribution in [1.82, 2.24) is 16.0 Å². The zero-order valence-electron chi connectivity index (χ0n) is 32.1. The fourth-order valence-corrected chi connectivity index (χ4v) is 6.10. The molecule has 1 aliphatic carbocycles. The van der Waals surface area contributed by atoms with E-state index in [9.17, 15) is 50.1 Å². The second-order valence-corrected chi connectivity index (χ2v) is 16.6. The molecule has 2 saturated heterocycles. The molecule has 21 nitrogen and oxygen atoms in total. The van der Waals surface area contributed by atoms with Crippen LogP contribution in [0.4, 0.5) is 14.4 Å². The first kappa shape index (κ1) is 45.7. The van der Waals surface area contributed by atoms with E-state index in [0.29, 0.717) is 0 Å². The summed E-state index contributed by atoms with van der Waals surface area (Å²) in [6.07, 6.45) is -23.5. The number of nitrogens with two attached hydrogens (primary N) is 1. The van der Waals surface area contributed by atoms with Crippen LogP contribution in [-0.4, -0.2) is 176 Å². The Morgan fingerprint density at radius 1 is 0.593 bits per heavy atom. The van der Waals surface area contributed by atoms with Gasteiger partial charge in [-0.25, -0.2) is 14.4 Å². The minimum Gasteiger partial charge on any atom is -0.444 e. The van der Waals surface area contributed by atoms with Gasteiger partial charge in [0.25, 0.3) is 0 Å². The average molecular weight is 785 g/mol. The third-order valence-corrected chi connectivity index (χ3v) is 8.43. The molecule has 3 amide bonds. The van der Waals surface area contributed by atoms with E-state index in [1.54, 1.807) is 62.3 Å². The van der Waals surface area contributed by atoms with Crippen LogP contribution in [0, 0.1) is 0 Å². The maximum absolute atomic E-state index is 13.1. The fraction of sp³-hybridized carbons (Fsp3) is 0.909. The van der Waals surface area contributed by atoms with Crippen LogP contribution in [0.3, 0.4) is 0 Å². The zero-order valence-corrected chi connectivity index (χ0v) is 32.1. The number of aliphatic hydroxyl groups is 7. The highest BCUT2D eigenvalue weighted by atomic mass is 16.7. The maximum Gasteiger partial charge on any atom is 0.408 e. The molecule has 21 heteroatoms. The van der Waals surface area contributed by atoms with Crippen LogP contribution in [0.5, 0.6) is 0 Å². The van der Waals surface area contributed by atoms with Crippen molar-refractivity contribution in [1.29, 1.82) is 0 Å². The van der Waals surface area contributed by atoms with Gasteiger partial charge in [0.2, 0.25) is 0 Å². The molecule has 0 bridgehead atoms. The Labute approximate surface area is 313 Å². The quantitative estimate of drug-likeness (QED) is 0.107. The van der Waals surface area contributed by atoms with Gasteiger partial charge in [0.05, 0.1) is 24.7 Å². The van der Waals surface area contributed by atoms with Gasteiger partial charge >= 0.3 is 18.3 Å². The van der Waals surface area contributed by atoms with E-state index in [1.807, 2.05) is 0 Å². The average Bonchev–Trinajstić information content (AvgIpc) is 3.01. The first-order valence-corrected chi connectivity index (χ1v) is 17.7. The lowest BCUT2D eigenvalue weighted by Gasteiger charge is -2.49. The standard InChI is InChI=1S/C33H60N4O17/c1-31(2,3)52-28(45)35-13-10-14(36-29(46)53-32(4,5)6)25(51-27-22(43)21(42)19(40)15(11-34)48-27)23(44)24(13)50-26-20(41)17(18(39)16(12-38)49-26)37-30(47)54-33(7,8)9/h13-27,38-44H,10-12,34H2,1-9H3,(H,35,45)(H,36,46)(H,37,47)/t13-,14?,15?,16?,17?,18-,19-,20?,21-,22?,23+,24?,25-,26-,27-/m0/s1. The highest BCUT2D eigenvalue weighted by Gasteiger charge is 2.54. The van der Waals surface area contributed by atoms with Gasteiger partial charge in [-0.15, -0.1) is 0 Å². The molecular weight excluding hydrogens is 724 g/mol. The summed E-state index contributed by atoms with van der Waals surface area (Å²) in [4.78, 5) is 38.9. The van der Waals surface area contributed by atoms with E-state index in [-0.39, 0.29) is 13.0 Å². The van der Waals surface area contributed by atoms with Crippen LogP contribution < -0.4 is 21.7 Å². The predicted molar refractivity (Wildman–Crippen MR) is 183 cm³/mol. The fourth-order valence-electron chi connectivity index (χ4n) is 6.10. The van der Waals surface area contributed by atoms with Gasteiger partial charge in [0.15, 0.2) is 12.6 Å². The van der Waals surface area contributed by atoms with E-state index in [0.717, 1.165) is 0 Å². The third-order valence-electron chi connectivity index (χ3n) is 8.43. The number of carbonyl (C=O) groups is 3. The Kier molecular flexibility index (Phi) is 15.3. The molecule has 15 atom stereocenters. The van der Waals surface area contributed by atoms with Crippen LogP contribution in [0.1, 0.15) is 68.7 Å². The van der Waals surface area contributed by atoms with Crippen LogP contribution in [0.2, 0.25) is 0 Å². The van der Waals surface area contributed by atoms with Gasteiger partial charge in [-0.2, -0.15) is 0 Å². The van der Waals surface area contributed by atoms with E-state index >= 15 is 0 Å². The lowest BCUT2D eigenvalue weighted by molar-refractivity contribution is -0.333. The van der Waals surface area contributed by atoms with E-state index in [4.69, 9.17) is 38.9 Å². The Bertz CT molecular complexity index is 1260. The van der Waals surface area contributed by atoms with Crippen molar-refractivity contribution in [3.8, 4) is 0 Å². The molecule has 3 fully saturated rings. The molecule has 3 rings (SSSR count). The summed E-state index contributed by atoms with van der Waals surface area (Å²) >= 11 is 0. The van der Waals surface area contributed by atoms with Crippen LogP contribution in [0.25, 0.3) is 0 Å². The number of ether oxygens (including phenoxy) is 7. The Balaban J connectivity index is 2.04. The molecule has 12 N–H and O–H groups in total. The van der Waals surface area contributed by atoms with Crippen molar-refractivity contribution >= 4 is 18.3 Å². The van der Waals surface area contributed by atoms with Gasteiger partial charge in [0, 0.05) is 6.54 Å². The van der Waals surface area contributed by atoms with Gasteiger partial charge in [-0.1, -0.05) is 0 Å². The lowest BCUT2D eigenvalue weighted by atomic mass is 9.83. The van der Waals surface area contributed by atoms with Gasteiger partial charge in [-0.05, 0) is 68.7 Å². The molecule has 0 aromatic carbocycles. The van der Waals surface area contributed by atoms with Crippen molar-refractivity contribution in [3.05, 3.63) is 0 Å². The number of carbonyl (C=O) groups excluding carboxylic acids is 3. The number of rotatable bonds is 9. The predicted octanol–water partition coefficient (Wildman–Crippen LogP) is -2.59. The highest BCUT2D eigenvalue weighted by molar-refractivity contribution is 5.69. The molecule has 0 spiro atoms. The highest BCUT2D eigenvalue weighted by Crippen LogP contribution is 2.33. The molecule has 0 aromatic rings. The number of amides is 3. The molecule has 2 heterocycles. The number of nitrogens with one attached hydrogen (secondary N) is 3. The van der Waals surface area contributed by atoms with E-state index in [1.165, 1.54) is 0 Å². The number of alkyl carbamates (subject to hydrolysis) is 3. The molecule has 54 heavy (non-hydrogen) atoms. The summed E-state index contributed by atoms with van der Waals surface area (Å²) in [5.41, 5.74) is 2.77. The van der Waals surface area contributed by atoms with Crippen LogP contribution >= 0.6 is 0 Å². The molecule has 1 saturated carbocycles. The van der Waals surface area contributed by atoms with E-state index in [2.05, 4.69) is 16.0 Å². The first-order valence-electron chi connectivity index (χ1n) is 17.7. The van der Waals surface area contributed by atoms with Crippen molar-refractivity contribution in [2.45, 2.75) is 177 Å². The summed E-state index contributed by atoms with van der Waals surface area (Å²) in [7, 11) is 0. The van der Waals surface area contributed by atoms with Crippen molar-refractivity contribution < 1.29 is 83.3 Å². The van der Waals surface area contributed by atoms with Gasteiger partial charge in [-0.3, -0.25) is 0 Å². The Morgan fingerprint density at radius 2 is 1.00 bits per heavy atom. The summed E-state index contributed by atoms with van der Waals surface area (Å²) < 4.78 is 39.5. The molecule has 3 aliphatic rings. The summed E-state index contributed by atoms with van der Waals surface area (Å²) in [5, 5.41) is 83.5. The largest absolute Gasteiger partial charge is 0.444 e. The Morgan fingerprint density at radius 3 is 1.41 bits per heavy atom. The first-order chi connectivity index (χ1) is 24.7. The molecule has 0 radical (unpaired) electrons.